The van der Waals surface area contributed by atoms with Crippen molar-refractivity contribution in [3.63, 3.8) is 0 Å². The highest BCUT2D eigenvalue weighted by Gasteiger charge is 2.21. The van der Waals surface area contributed by atoms with E-state index in [0.29, 0.717) is 11.5 Å². The van der Waals surface area contributed by atoms with Crippen LogP contribution in [0.5, 0.6) is 5.75 Å². The van der Waals surface area contributed by atoms with Gasteiger partial charge in [-0.15, -0.1) is 0 Å². The van der Waals surface area contributed by atoms with E-state index in [1.54, 1.807) is 0 Å². The Morgan fingerprint density at radius 3 is 2.78 bits per heavy atom. The molecule has 1 aliphatic rings. The van der Waals surface area contributed by atoms with E-state index in [-0.39, 0.29) is 0 Å². The van der Waals surface area contributed by atoms with Gasteiger partial charge in [0.1, 0.15) is 5.75 Å². The fraction of sp³-hybridized carbons (Fsp3) is 0.625. The van der Waals surface area contributed by atoms with Crippen LogP contribution in [0.2, 0.25) is 0 Å². The summed E-state index contributed by atoms with van der Waals surface area (Å²) in [6, 6.07) is 7.11. The smallest absolute Gasteiger partial charge is 0.122 e. The molecule has 1 unspecified atom stereocenters. The van der Waals surface area contributed by atoms with E-state index in [4.69, 9.17) is 4.74 Å². The Morgan fingerprint density at radius 1 is 1.33 bits per heavy atom. The van der Waals surface area contributed by atoms with Crippen molar-refractivity contribution in [1.82, 2.24) is 5.32 Å². The lowest BCUT2D eigenvalue weighted by Gasteiger charge is -2.27. The summed E-state index contributed by atoms with van der Waals surface area (Å²) >= 11 is 0. The van der Waals surface area contributed by atoms with Gasteiger partial charge in [0, 0.05) is 12.5 Å². The molecule has 0 amide bonds. The van der Waals surface area contributed by atoms with Crippen molar-refractivity contribution in [3.05, 3.63) is 29.3 Å². The molecule has 0 aromatic heterocycles. The summed E-state index contributed by atoms with van der Waals surface area (Å²) in [7, 11) is 0. The number of hydrogen-bond donors (Lipinski definition) is 1. The quantitative estimate of drug-likeness (QED) is 0.875. The van der Waals surface area contributed by atoms with Gasteiger partial charge in [-0.2, -0.15) is 0 Å². The minimum atomic E-state index is 0.336. The molecule has 0 aliphatic carbocycles. The van der Waals surface area contributed by atoms with Crippen LogP contribution in [-0.4, -0.2) is 13.2 Å². The molecule has 1 N–H and O–H groups in total. The average molecular weight is 247 g/mol. The molecule has 100 valence electrons. The van der Waals surface area contributed by atoms with Crippen molar-refractivity contribution >= 4 is 0 Å². The summed E-state index contributed by atoms with van der Waals surface area (Å²) in [5, 5.41) is 3.61. The van der Waals surface area contributed by atoms with E-state index < -0.39 is 0 Å². The fourth-order valence-electron chi connectivity index (χ4n) is 2.59. The lowest BCUT2D eigenvalue weighted by molar-refractivity contribution is 0.314. The monoisotopic (exact) mass is 247 g/mol. The summed E-state index contributed by atoms with van der Waals surface area (Å²) in [6.07, 6.45) is 2.21. The van der Waals surface area contributed by atoms with E-state index in [9.17, 15) is 0 Å². The van der Waals surface area contributed by atoms with Crippen molar-refractivity contribution in [3.8, 4) is 5.75 Å². The number of rotatable bonds is 4. The highest BCUT2D eigenvalue weighted by molar-refractivity contribution is 5.40. The second-order valence-corrected chi connectivity index (χ2v) is 6.34. The summed E-state index contributed by atoms with van der Waals surface area (Å²) in [6.45, 7) is 10.9. The third-order valence-corrected chi connectivity index (χ3v) is 3.38. The first kappa shape index (κ1) is 13.4. The summed E-state index contributed by atoms with van der Waals surface area (Å²) < 4.78 is 5.57. The van der Waals surface area contributed by atoms with Gasteiger partial charge in [0.2, 0.25) is 0 Å². The predicted octanol–water partition coefficient (Wildman–Crippen LogP) is 3.71. The van der Waals surface area contributed by atoms with Crippen molar-refractivity contribution in [2.75, 3.05) is 13.2 Å². The minimum absolute atomic E-state index is 0.336. The zero-order chi connectivity index (χ0) is 13.2. The van der Waals surface area contributed by atoms with Crippen molar-refractivity contribution < 1.29 is 4.74 Å². The molecule has 0 fully saturated rings. The lowest BCUT2D eigenvalue weighted by atomic mass is 9.85. The maximum Gasteiger partial charge on any atom is 0.122 e. The zero-order valence-corrected chi connectivity index (χ0v) is 12.0. The molecular weight excluding hydrogens is 222 g/mol. The van der Waals surface area contributed by atoms with Crippen molar-refractivity contribution in [2.45, 2.75) is 46.6 Å². The molecule has 1 heterocycles. The first-order valence-corrected chi connectivity index (χ1v) is 6.98. The van der Waals surface area contributed by atoms with Crippen LogP contribution in [0.4, 0.5) is 0 Å². The Labute approximate surface area is 111 Å². The fourth-order valence-corrected chi connectivity index (χ4v) is 2.59. The van der Waals surface area contributed by atoms with Gasteiger partial charge in [-0.3, -0.25) is 0 Å². The van der Waals surface area contributed by atoms with Crippen LogP contribution in [0.3, 0.4) is 0 Å². The Kier molecular flexibility index (Phi) is 3.96. The predicted molar refractivity (Wildman–Crippen MR) is 76.1 cm³/mol. The highest BCUT2D eigenvalue weighted by Crippen LogP contribution is 2.33. The van der Waals surface area contributed by atoms with E-state index in [1.807, 2.05) is 0 Å². The molecule has 2 heteroatoms. The summed E-state index contributed by atoms with van der Waals surface area (Å²) in [5.41, 5.74) is 3.10. The molecule has 1 atom stereocenters. The van der Waals surface area contributed by atoms with Gasteiger partial charge in [0.25, 0.3) is 0 Å². The number of nitrogens with one attached hydrogen (secondary N) is 1. The molecule has 2 rings (SSSR count). The maximum absolute atomic E-state index is 5.57. The lowest BCUT2D eigenvalue weighted by Crippen LogP contribution is -2.25. The zero-order valence-electron chi connectivity index (χ0n) is 12.0. The van der Waals surface area contributed by atoms with Gasteiger partial charge < -0.3 is 10.1 Å². The summed E-state index contributed by atoms with van der Waals surface area (Å²) in [5.74, 6) is 1.07. The van der Waals surface area contributed by atoms with E-state index in [1.165, 1.54) is 11.1 Å². The first-order chi connectivity index (χ1) is 8.49. The Bertz CT molecular complexity index is 406. The molecule has 0 radical (unpaired) electrons. The van der Waals surface area contributed by atoms with Gasteiger partial charge >= 0.3 is 0 Å². The molecule has 0 spiro atoms. The molecule has 18 heavy (non-hydrogen) atoms. The van der Waals surface area contributed by atoms with Gasteiger partial charge in [-0.25, -0.2) is 0 Å². The number of fused-ring (bicyclic) bond motifs is 1. The van der Waals surface area contributed by atoms with Crippen LogP contribution >= 0.6 is 0 Å². The highest BCUT2D eigenvalue weighted by atomic mass is 16.5. The van der Waals surface area contributed by atoms with Crippen LogP contribution in [0, 0.1) is 5.41 Å². The Hall–Kier alpha value is -1.02. The van der Waals surface area contributed by atoms with Crippen LogP contribution < -0.4 is 10.1 Å². The van der Waals surface area contributed by atoms with Gasteiger partial charge in [-0.05, 0) is 35.6 Å². The molecule has 1 aromatic carbocycles. The first-order valence-electron chi connectivity index (χ1n) is 6.98. The molecule has 1 aliphatic heterocycles. The van der Waals surface area contributed by atoms with Crippen molar-refractivity contribution in [2.24, 2.45) is 5.41 Å². The second kappa shape index (κ2) is 5.31. The van der Waals surface area contributed by atoms with Crippen LogP contribution in [0.15, 0.2) is 18.2 Å². The standard InChI is InChI=1S/C16H25NO/c1-5-17-14(11-16(2,3)4)12-6-7-15-13(10-12)8-9-18-15/h6-7,10,14,17H,5,8-9,11H2,1-4H3. The van der Waals surface area contributed by atoms with E-state index in [0.717, 1.165) is 31.7 Å². The normalized spacial score (nSPS) is 16.2. The van der Waals surface area contributed by atoms with Gasteiger partial charge in [-0.1, -0.05) is 39.8 Å². The third kappa shape index (κ3) is 3.26. The van der Waals surface area contributed by atoms with E-state index >= 15 is 0 Å². The molecular formula is C16H25NO. The minimum Gasteiger partial charge on any atom is -0.493 e. The number of benzene rings is 1. The van der Waals surface area contributed by atoms with E-state index in [2.05, 4.69) is 51.2 Å². The topological polar surface area (TPSA) is 21.3 Å². The van der Waals surface area contributed by atoms with Crippen molar-refractivity contribution in [1.29, 1.82) is 0 Å². The molecule has 2 nitrogen and oxygen atoms in total. The Morgan fingerprint density at radius 2 is 2.11 bits per heavy atom. The van der Waals surface area contributed by atoms with Crippen LogP contribution in [0.1, 0.15) is 51.3 Å². The second-order valence-electron chi connectivity index (χ2n) is 6.34. The molecule has 0 saturated carbocycles. The van der Waals surface area contributed by atoms with Crippen LogP contribution in [-0.2, 0) is 6.42 Å². The average Bonchev–Trinajstić information content (AvgIpc) is 2.73. The molecule has 0 saturated heterocycles. The maximum atomic E-state index is 5.57. The molecule has 0 bridgehead atoms. The third-order valence-electron chi connectivity index (χ3n) is 3.38. The molecule has 1 aromatic rings. The van der Waals surface area contributed by atoms with Gasteiger partial charge in [0.15, 0.2) is 0 Å². The SMILES string of the molecule is CCNC(CC(C)(C)C)c1ccc2c(c1)CCO2. The largest absolute Gasteiger partial charge is 0.493 e. The van der Waals surface area contributed by atoms with Crippen LogP contribution in [0.25, 0.3) is 0 Å². The Balaban J connectivity index is 2.20. The summed E-state index contributed by atoms with van der Waals surface area (Å²) in [4.78, 5) is 0. The number of hydrogen-bond acceptors (Lipinski definition) is 2. The van der Waals surface area contributed by atoms with Gasteiger partial charge in [0.05, 0.1) is 6.61 Å². The number of ether oxygens (including phenoxy) is 1.